The van der Waals surface area contributed by atoms with Gasteiger partial charge in [0.25, 0.3) is 0 Å². The van der Waals surface area contributed by atoms with Crippen LogP contribution < -0.4 is 19.5 Å². The Morgan fingerprint density at radius 1 is 0.800 bits per heavy atom. The normalized spacial score (nSPS) is 20.0. The number of ether oxygens (including phenoxy) is 3. The van der Waals surface area contributed by atoms with Crippen LogP contribution in [0.1, 0.15) is 37.2 Å². The molecule has 0 bridgehead atoms. The van der Waals surface area contributed by atoms with E-state index in [-0.39, 0.29) is 0 Å². The summed E-state index contributed by atoms with van der Waals surface area (Å²) in [4.78, 5) is 0. The molecule has 0 aliphatic heterocycles. The van der Waals surface area contributed by atoms with Crippen LogP contribution in [0.4, 0.5) is 5.69 Å². The smallest absolute Gasteiger partial charge is 0.203 e. The third kappa shape index (κ3) is 4.01. The van der Waals surface area contributed by atoms with Gasteiger partial charge in [0, 0.05) is 23.9 Å². The molecule has 0 saturated heterocycles. The molecule has 1 N–H and O–H groups in total. The molecule has 2 aromatic carbocycles. The van der Waals surface area contributed by atoms with Gasteiger partial charge < -0.3 is 19.5 Å². The molecule has 0 spiro atoms. The molecule has 25 heavy (non-hydrogen) atoms. The molecule has 0 aromatic heterocycles. The summed E-state index contributed by atoms with van der Waals surface area (Å²) in [5.41, 5.74) is 2.48. The Balaban J connectivity index is 1.66. The molecular weight excluding hydrogens is 314 g/mol. The van der Waals surface area contributed by atoms with Crippen molar-refractivity contribution in [2.24, 2.45) is 0 Å². The molecular formula is C21H27NO3. The first-order chi connectivity index (χ1) is 12.2. The molecule has 0 heterocycles. The summed E-state index contributed by atoms with van der Waals surface area (Å²) in [7, 11) is 4.91. The van der Waals surface area contributed by atoms with Crippen molar-refractivity contribution >= 4 is 5.69 Å². The van der Waals surface area contributed by atoms with E-state index in [9.17, 15) is 0 Å². The minimum Gasteiger partial charge on any atom is -0.493 e. The first-order valence-electron chi connectivity index (χ1n) is 8.86. The highest BCUT2D eigenvalue weighted by Gasteiger charge is 2.23. The van der Waals surface area contributed by atoms with Crippen molar-refractivity contribution in [2.75, 3.05) is 26.6 Å². The van der Waals surface area contributed by atoms with E-state index in [2.05, 4.69) is 35.6 Å². The van der Waals surface area contributed by atoms with Crippen LogP contribution in [0, 0.1) is 0 Å². The van der Waals surface area contributed by atoms with Crippen molar-refractivity contribution in [2.45, 2.75) is 37.6 Å². The highest BCUT2D eigenvalue weighted by molar-refractivity contribution is 5.62. The van der Waals surface area contributed by atoms with Crippen molar-refractivity contribution in [1.82, 2.24) is 0 Å². The van der Waals surface area contributed by atoms with Gasteiger partial charge in [-0.05, 0) is 37.2 Å². The molecule has 1 saturated carbocycles. The summed E-state index contributed by atoms with van der Waals surface area (Å²) >= 11 is 0. The lowest BCUT2D eigenvalue weighted by atomic mass is 9.82. The molecule has 0 radical (unpaired) electrons. The average molecular weight is 341 g/mol. The molecule has 1 aliphatic carbocycles. The fourth-order valence-electron chi connectivity index (χ4n) is 3.70. The van der Waals surface area contributed by atoms with Crippen LogP contribution in [-0.2, 0) is 0 Å². The maximum atomic E-state index is 5.44. The van der Waals surface area contributed by atoms with Crippen LogP contribution in [0.2, 0.25) is 0 Å². The van der Waals surface area contributed by atoms with Crippen molar-refractivity contribution in [3.63, 3.8) is 0 Å². The molecule has 1 aliphatic rings. The highest BCUT2D eigenvalue weighted by atomic mass is 16.5. The fraction of sp³-hybridized carbons (Fsp3) is 0.429. The number of nitrogens with one attached hydrogen (secondary N) is 1. The Bertz CT molecular complexity index is 654. The van der Waals surface area contributed by atoms with Crippen molar-refractivity contribution < 1.29 is 14.2 Å². The standard InChI is InChI=1S/C21H27NO3/c1-23-19-13-18(14-20(24-2)21(19)25-3)22-17-11-9-16(10-12-17)15-7-5-4-6-8-15/h4-8,13-14,16-17,22H,9-12H2,1-3H3. The van der Waals surface area contributed by atoms with Gasteiger partial charge in [0.1, 0.15) is 0 Å². The zero-order chi connectivity index (χ0) is 17.6. The van der Waals surface area contributed by atoms with Crippen LogP contribution in [0.15, 0.2) is 42.5 Å². The van der Waals surface area contributed by atoms with Gasteiger partial charge in [-0.15, -0.1) is 0 Å². The Kier molecular flexibility index (Phi) is 5.69. The maximum absolute atomic E-state index is 5.44. The maximum Gasteiger partial charge on any atom is 0.203 e. The summed E-state index contributed by atoms with van der Waals surface area (Å²) < 4.78 is 16.3. The lowest BCUT2D eigenvalue weighted by molar-refractivity contribution is 0.324. The van der Waals surface area contributed by atoms with E-state index in [1.165, 1.54) is 18.4 Å². The van der Waals surface area contributed by atoms with E-state index in [1.54, 1.807) is 21.3 Å². The zero-order valence-electron chi connectivity index (χ0n) is 15.2. The molecule has 0 amide bonds. The molecule has 3 rings (SSSR count). The summed E-state index contributed by atoms with van der Waals surface area (Å²) in [6, 6.07) is 15.3. The van der Waals surface area contributed by atoms with Gasteiger partial charge in [-0.25, -0.2) is 0 Å². The first kappa shape index (κ1) is 17.5. The summed E-state index contributed by atoms with van der Waals surface area (Å²) in [5.74, 6) is 2.67. The minimum atomic E-state index is 0.475. The summed E-state index contributed by atoms with van der Waals surface area (Å²) in [6.45, 7) is 0. The Hall–Kier alpha value is -2.36. The average Bonchev–Trinajstić information content (AvgIpc) is 2.68. The number of rotatable bonds is 6. The van der Waals surface area contributed by atoms with E-state index in [0.717, 1.165) is 18.5 Å². The van der Waals surface area contributed by atoms with Crippen LogP contribution >= 0.6 is 0 Å². The van der Waals surface area contributed by atoms with Gasteiger partial charge in [-0.3, -0.25) is 0 Å². The van der Waals surface area contributed by atoms with E-state index in [1.807, 2.05) is 12.1 Å². The van der Waals surface area contributed by atoms with Crippen LogP contribution in [0.3, 0.4) is 0 Å². The highest BCUT2D eigenvalue weighted by Crippen LogP contribution is 2.41. The zero-order valence-corrected chi connectivity index (χ0v) is 15.2. The topological polar surface area (TPSA) is 39.7 Å². The number of anilines is 1. The van der Waals surface area contributed by atoms with E-state index >= 15 is 0 Å². The number of methoxy groups -OCH3 is 3. The summed E-state index contributed by atoms with van der Waals surface area (Å²) in [6.07, 6.45) is 4.75. The van der Waals surface area contributed by atoms with Gasteiger partial charge in [0.2, 0.25) is 5.75 Å². The predicted molar refractivity (Wildman–Crippen MR) is 101 cm³/mol. The van der Waals surface area contributed by atoms with Crippen LogP contribution in [0.25, 0.3) is 0 Å². The Morgan fingerprint density at radius 3 is 1.92 bits per heavy atom. The number of hydrogen-bond donors (Lipinski definition) is 1. The van der Waals surface area contributed by atoms with Gasteiger partial charge >= 0.3 is 0 Å². The van der Waals surface area contributed by atoms with Gasteiger partial charge in [-0.2, -0.15) is 0 Å². The molecule has 4 heteroatoms. The van der Waals surface area contributed by atoms with Crippen molar-refractivity contribution in [3.05, 3.63) is 48.0 Å². The van der Waals surface area contributed by atoms with Crippen LogP contribution in [-0.4, -0.2) is 27.4 Å². The first-order valence-corrected chi connectivity index (χ1v) is 8.86. The Morgan fingerprint density at radius 2 is 1.40 bits per heavy atom. The van der Waals surface area contributed by atoms with E-state index < -0.39 is 0 Å². The Labute approximate surface area is 150 Å². The molecule has 134 valence electrons. The predicted octanol–water partition coefficient (Wildman–Crippen LogP) is 4.85. The third-order valence-electron chi connectivity index (χ3n) is 5.03. The second kappa shape index (κ2) is 8.15. The van der Waals surface area contributed by atoms with Crippen molar-refractivity contribution in [1.29, 1.82) is 0 Å². The SMILES string of the molecule is COc1cc(NC2CCC(c3ccccc3)CC2)cc(OC)c1OC. The van der Waals surface area contributed by atoms with Gasteiger partial charge in [-0.1, -0.05) is 30.3 Å². The summed E-state index contributed by atoms with van der Waals surface area (Å²) in [5, 5.41) is 3.64. The lowest BCUT2D eigenvalue weighted by Gasteiger charge is -2.30. The molecule has 1 fully saturated rings. The molecule has 0 unspecified atom stereocenters. The van der Waals surface area contributed by atoms with Gasteiger partial charge in [0.15, 0.2) is 11.5 Å². The number of benzene rings is 2. The minimum absolute atomic E-state index is 0.475. The van der Waals surface area contributed by atoms with Crippen LogP contribution in [0.5, 0.6) is 17.2 Å². The second-order valence-electron chi connectivity index (χ2n) is 6.52. The van der Waals surface area contributed by atoms with E-state index in [0.29, 0.717) is 29.2 Å². The van der Waals surface area contributed by atoms with Crippen molar-refractivity contribution in [3.8, 4) is 17.2 Å². The fourth-order valence-corrected chi connectivity index (χ4v) is 3.70. The van der Waals surface area contributed by atoms with E-state index in [4.69, 9.17) is 14.2 Å². The molecule has 4 nitrogen and oxygen atoms in total. The quantitative estimate of drug-likeness (QED) is 0.815. The largest absolute Gasteiger partial charge is 0.493 e. The third-order valence-corrected chi connectivity index (χ3v) is 5.03. The molecule has 2 aromatic rings. The second-order valence-corrected chi connectivity index (χ2v) is 6.52. The van der Waals surface area contributed by atoms with Gasteiger partial charge in [0.05, 0.1) is 21.3 Å². The number of hydrogen-bond acceptors (Lipinski definition) is 4. The monoisotopic (exact) mass is 341 g/mol. The molecule has 0 atom stereocenters. The lowest BCUT2D eigenvalue weighted by Crippen LogP contribution is -2.25.